The lowest BCUT2D eigenvalue weighted by molar-refractivity contribution is -0.282. The van der Waals surface area contributed by atoms with Crippen LogP contribution in [0.15, 0.2) is 0 Å². The van der Waals surface area contributed by atoms with Crippen molar-refractivity contribution < 1.29 is 111 Å². The molecule has 10 N–H and O–H groups in total. The molecule has 0 saturated carbocycles. The van der Waals surface area contributed by atoms with Crippen molar-refractivity contribution in [2.45, 2.75) is 235 Å². The normalized spacial score (nSPS) is 28.7. The highest BCUT2D eigenvalue weighted by Crippen LogP contribution is 2.44. The van der Waals surface area contributed by atoms with Gasteiger partial charge in [-0.2, -0.15) is 0 Å². The molecular weight excluding hydrogens is 1180 g/mol. The predicted molar refractivity (Wildman–Crippen MR) is 313 cm³/mol. The summed E-state index contributed by atoms with van der Waals surface area (Å²) >= 11 is 0. The van der Waals surface area contributed by atoms with Gasteiger partial charge < -0.3 is 89.5 Å². The highest BCUT2D eigenvalue weighted by atomic mass is 31.2. The quantitative estimate of drug-likeness (QED) is 0.0308. The minimum atomic E-state index is -3.38. The van der Waals surface area contributed by atoms with Crippen LogP contribution < -0.4 is 16.0 Å². The Morgan fingerprint density at radius 3 is 1.70 bits per heavy atom. The minimum Gasteiger partial charge on any atom is -0.394 e. The van der Waals surface area contributed by atoms with Gasteiger partial charge in [-0.1, -0.05) is 33.1 Å². The lowest BCUT2D eigenvalue weighted by Crippen LogP contribution is -2.55. The molecule has 0 aromatic heterocycles. The molecule has 4 rings (SSSR count). The van der Waals surface area contributed by atoms with Gasteiger partial charge in [-0.25, -0.2) is 0 Å². The number of carbonyl (C=O) groups excluding carboxylic acids is 6. The Morgan fingerprint density at radius 2 is 1.14 bits per heavy atom. The molecule has 4 saturated heterocycles. The number of nitrogens with one attached hydrogen (secondary N) is 3. The molecule has 0 aromatic carbocycles. The van der Waals surface area contributed by atoms with Crippen LogP contribution in [0.1, 0.15) is 156 Å². The van der Waals surface area contributed by atoms with Crippen molar-refractivity contribution in [2.75, 3.05) is 79.6 Å². The first-order valence-electron chi connectivity index (χ1n) is 31.1. The Morgan fingerprint density at radius 1 is 0.632 bits per heavy atom. The topological polar surface area (TPSA) is 395 Å². The van der Waals surface area contributed by atoms with Crippen molar-refractivity contribution in [2.24, 2.45) is 11.8 Å². The summed E-state index contributed by atoms with van der Waals surface area (Å²) in [6.45, 7) is 6.29. The number of β-amino-alcohol motifs (C(OH)–C–C–N with tert-alkyl or cyclic N) is 1. The number of amides is 5. The molecule has 0 spiro atoms. The minimum absolute atomic E-state index is 0.0721. The molecule has 4 fully saturated rings. The highest BCUT2D eigenvalue weighted by Gasteiger charge is 2.45. The number of likely N-dealkylation sites (tertiary alicyclic amines) is 2. The first kappa shape index (κ1) is 76.2. The number of hydrogen-bond donors (Lipinski definition) is 10. The van der Waals surface area contributed by atoms with Crippen molar-refractivity contribution in [3.63, 3.8) is 0 Å². The Labute approximate surface area is 512 Å². The molecule has 0 bridgehead atoms. The van der Waals surface area contributed by atoms with Gasteiger partial charge >= 0.3 is 15.9 Å². The summed E-state index contributed by atoms with van der Waals surface area (Å²) in [5, 5.41) is 78.9. The molecule has 0 aliphatic carbocycles. The van der Waals surface area contributed by atoms with Gasteiger partial charge in [0, 0.05) is 108 Å². The van der Waals surface area contributed by atoms with E-state index in [1.165, 1.54) is 25.6 Å². The smallest absolute Gasteiger partial charge is 0.394 e. The summed E-state index contributed by atoms with van der Waals surface area (Å²) in [4.78, 5) is 80.5. The summed E-state index contributed by atoms with van der Waals surface area (Å²) in [6.07, 6.45) is -1.04. The molecule has 87 heavy (non-hydrogen) atoms. The number of ether oxygens (including phenoxy) is 4. The van der Waals surface area contributed by atoms with E-state index in [1.807, 2.05) is 0 Å². The van der Waals surface area contributed by atoms with Gasteiger partial charge in [0.2, 0.25) is 29.5 Å². The maximum atomic E-state index is 13.7. The Hall–Kier alpha value is -3.25. The molecule has 5 amide bonds. The fourth-order valence-electron chi connectivity index (χ4n) is 10.9. The zero-order valence-corrected chi connectivity index (χ0v) is 53.3. The van der Waals surface area contributed by atoms with Crippen LogP contribution in [-0.4, -0.2) is 240 Å². The standard InChI is InChI=1S/C57H101N5O23P2/c1-37-52(72)54(74)46(33-63)83-56(37)79-27-17-13-21-48(68)59-26-16-12-19-44(60-49(69)22-14-18-28-80-57-38(2)53(73)55(75)47(34-64)84-57)45(67)20-9-6-7-10-23-50(70)61-31-42(66)29-40(61)35-81-86(76)85-43-30-41(36-82-87(5,77)78-4)62(32-43)51(71)24-11-8-15-25-58-39(3)65/h37-38,40-44,46-47,52-57,63-64,66,72-75H,6-36H2,1-5H3,(H2-,58,59,60,65,68,69)/p+1/t37?,38?,40?,41-,42+,43+,44-,46?,47?,52?,53?,54?,55?,56?,57?,87?/m0/s1. The third kappa shape index (κ3) is 27.2. The van der Waals surface area contributed by atoms with Gasteiger partial charge in [0.05, 0.1) is 62.8 Å². The van der Waals surface area contributed by atoms with Crippen LogP contribution in [0.5, 0.6) is 0 Å². The molecular formula is C57H102N5O23P2+. The SMILES string of the molecule is COP(C)(=O)OC[C@@H]1C[C@@H](O[P+](=O)OCC2C[C@@H](O)CN2C(=O)CCCCCCC(=O)[C@H](CCCCNC(=O)CCCCOC2OC(CO)C(O)C(O)C2C)NC(=O)CCCCOC2OC(CO)C(O)C(O)C2C)CN1C(=O)CCCCCNC(C)=O. The highest BCUT2D eigenvalue weighted by molar-refractivity contribution is 7.52. The van der Waals surface area contributed by atoms with Crippen LogP contribution in [-0.2, 0) is 74.9 Å². The predicted octanol–water partition coefficient (Wildman–Crippen LogP) is 2.00. The summed E-state index contributed by atoms with van der Waals surface area (Å²) in [5.74, 6) is -2.25. The zero-order chi connectivity index (χ0) is 64.1. The van der Waals surface area contributed by atoms with Crippen LogP contribution >= 0.6 is 15.9 Å². The lowest BCUT2D eigenvalue weighted by Gasteiger charge is -2.40. The van der Waals surface area contributed by atoms with Gasteiger partial charge in [0.25, 0.3) is 0 Å². The zero-order valence-electron chi connectivity index (χ0n) is 51.5. The van der Waals surface area contributed by atoms with Crippen molar-refractivity contribution in [3.8, 4) is 0 Å². The van der Waals surface area contributed by atoms with Crippen molar-refractivity contribution in [1.82, 2.24) is 25.8 Å². The maximum Gasteiger partial charge on any atom is 0.697 e. The molecule has 4 aliphatic heterocycles. The number of unbranched alkanes of at least 4 members (excludes halogenated alkanes) is 8. The molecule has 13 unspecified atom stereocenters. The number of rotatable bonds is 43. The number of carbonyl (C=O) groups is 6. The molecule has 0 aromatic rings. The van der Waals surface area contributed by atoms with Gasteiger partial charge in [0.1, 0.15) is 37.1 Å². The molecule has 502 valence electrons. The van der Waals surface area contributed by atoms with Crippen LogP contribution in [0.3, 0.4) is 0 Å². The first-order valence-corrected chi connectivity index (χ1v) is 34.2. The fourth-order valence-corrected chi connectivity index (χ4v) is 12.2. The van der Waals surface area contributed by atoms with E-state index in [0.717, 1.165) is 0 Å². The molecule has 30 heteroatoms. The molecule has 4 heterocycles. The van der Waals surface area contributed by atoms with E-state index in [9.17, 15) is 73.6 Å². The second-order valence-corrected chi connectivity index (χ2v) is 26.5. The second-order valence-electron chi connectivity index (χ2n) is 23.4. The Balaban J connectivity index is 1.18. The van der Waals surface area contributed by atoms with E-state index in [0.29, 0.717) is 103 Å². The van der Waals surface area contributed by atoms with E-state index in [-0.39, 0.29) is 120 Å². The first-order chi connectivity index (χ1) is 41.5. The summed E-state index contributed by atoms with van der Waals surface area (Å²) in [7, 11) is -4.83. The Bertz CT molecular complexity index is 2150. The second kappa shape index (κ2) is 40.6. The van der Waals surface area contributed by atoms with Crippen LogP contribution in [0.2, 0.25) is 0 Å². The number of nitrogens with zero attached hydrogens (tertiary/aromatic N) is 2. The van der Waals surface area contributed by atoms with Crippen LogP contribution in [0, 0.1) is 11.8 Å². The molecule has 17 atom stereocenters. The van der Waals surface area contributed by atoms with Crippen molar-refractivity contribution in [3.05, 3.63) is 0 Å². The lowest BCUT2D eigenvalue weighted by atomic mass is 9.92. The summed E-state index contributed by atoms with van der Waals surface area (Å²) in [5.41, 5.74) is 0. The van der Waals surface area contributed by atoms with Crippen molar-refractivity contribution >= 4 is 51.2 Å². The number of Topliss-reactive ketones (excluding diaryl/α,β-unsaturated/α-hetero) is 1. The van der Waals surface area contributed by atoms with E-state index in [2.05, 4.69) is 16.0 Å². The number of aliphatic hydroxyl groups excluding tert-OH is 7. The van der Waals surface area contributed by atoms with Gasteiger partial charge in [0.15, 0.2) is 18.4 Å². The maximum absolute atomic E-state index is 13.7. The summed E-state index contributed by atoms with van der Waals surface area (Å²) in [6, 6.07) is -1.88. The molecule has 4 aliphatic rings. The van der Waals surface area contributed by atoms with E-state index < -0.39 is 120 Å². The molecule has 28 nitrogen and oxygen atoms in total. The number of hydrogen-bond acceptors (Lipinski definition) is 23. The van der Waals surface area contributed by atoms with E-state index >= 15 is 0 Å². The largest absolute Gasteiger partial charge is 0.697 e. The monoisotopic (exact) mass is 1290 g/mol. The van der Waals surface area contributed by atoms with E-state index in [4.69, 9.17) is 37.0 Å². The van der Waals surface area contributed by atoms with Gasteiger partial charge in [-0.15, -0.1) is 9.05 Å². The fraction of sp³-hybridized carbons (Fsp3) is 0.895. The van der Waals surface area contributed by atoms with E-state index in [1.54, 1.807) is 18.7 Å². The summed E-state index contributed by atoms with van der Waals surface area (Å²) < 4.78 is 70.2. The average Bonchev–Trinajstić information content (AvgIpc) is 1.82. The van der Waals surface area contributed by atoms with Crippen LogP contribution in [0.4, 0.5) is 0 Å². The number of aliphatic hydroxyl groups is 7. The third-order valence-electron chi connectivity index (χ3n) is 16.4. The number of ketones is 1. The van der Waals surface area contributed by atoms with Crippen molar-refractivity contribution in [1.29, 1.82) is 0 Å². The molecule has 0 radical (unpaired) electrons. The Kier molecular flexibility index (Phi) is 35.5. The van der Waals surface area contributed by atoms with Gasteiger partial charge in [-0.3, -0.25) is 33.3 Å². The van der Waals surface area contributed by atoms with Crippen LogP contribution in [0.25, 0.3) is 0 Å². The average molecular weight is 1290 g/mol. The third-order valence-corrected chi connectivity index (χ3v) is 18.5. The van der Waals surface area contributed by atoms with Gasteiger partial charge in [-0.05, 0) is 77.0 Å².